The Labute approximate surface area is 160 Å². The van der Waals surface area contributed by atoms with E-state index in [9.17, 15) is 14.4 Å². The van der Waals surface area contributed by atoms with Gasteiger partial charge in [-0.3, -0.25) is 14.9 Å². The van der Waals surface area contributed by atoms with Crippen molar-refractivity contribution in [2.24, 2.45) is 0 Å². The largest absolute Gasteiger partial charge is 0.497 e. The molecule has 0 aromatic heterocycles. The van der Waals surface area contributed by atoms with E-state index in [1.165, 1.54) is 26.4 Å². The third-order valence-electron chi connectivity index (χ3n) is 3.91. The molecule has 7 nitrogen and oxygen atoms in total. The lowest BCUT2D eigenvalue weighted by molar-refractivity contribution is -0.122. The highest BCUT2D eigenvalue weighted by molar-refractivity contribution is 6.39. The smallest absolute Gasteiger partial charge is 0.335 e. The Morgan fingerprint density at radius 2 is 1.81 bits per heavy atom. The van der Waals surface area contributed by atoms with Gasteiger partial charge in [-0.15, -0.1) is 0 Å². The number of anilines is 1. The summed E-state index contributed by atoms with van der Waals surface area (Å²) in [5.74, 6) is -0.581. The number of ether oxygens (including phenoxy) is 2. The van der Waals surface area contributed by atoms with Crippen molar-refractivity contribution >= 4 is 41.2 Å². The molecule has 0 saturated carbocycles. The first kappa shape index (κ1) is 18.5. The molecule has 0 spiro atoms. The van der Waals surface area contributed by atoms with Crippen LogP contribution < -0.4 is 19.7 Å². The normalized spacial score (nSPS) is 15.7. The van der Waals surface area contributed by atoms with E-state index in [2.05, 4.69) is 5.32 Å². The Balaban J connectivity index is 2.04. The highest BCUT2D eigenvalue weighted by Gasteiger charge is 2.37. The Morgan fingerprint density at radius 1 is 1.04 bits per heavy atom. The van der Waals surface area contributed by atoms with Crippen LogP contribution >= 0.6 is 11.6 Å². The molecule has 1 aliphatic heterocycles. The molecule has 0 unspecified atom stereocenters. The second-order valence-corrected chi connectivity index (χ2v) is 5.98. The lowest BCUT2D eigenvalue weighted by Gasteiger charge is -2.26. The summed E-state index contributed by atoms with van der Waals surface area (Å²) in [5.41, 5.74) is 0.528. The minimum absolute atomic E-state index is 0.210. The van der Waals surface area contributed by atoms with Crippen molar-refractivity contribution in [1.29, 1.82) is 0 Å². The molecular formula is C19H15ClN2O5. The second-order valence-electron chi connectivity index (χ2n) is 5.55. The van der Waals surface area contributed by atoms with Gasteiger partial charge in [-0.2, -0.15) is 0 Å². The fraction of sp³-hybridized carbons (Fsp3) is 0.105. The van der Waals surface area contributed by atoms with Gasteiger partial charge in [0.1, 0.15) is 17.1 Å². The molecule has 1 saturated heterocycles. The number of carbonyl (C=O) groups is 3. The molecule has 1 fully saturated rings. The van der Waals surface area contributed by atoms with Crippen LogP contribution in [0.4, 0.5) is 10.5 Å². The Hall–Kier alpha value is -3.32. The zero-order valence-corrected chi connectivity index (χ0v) is 15.2. The van der Waals surface area contributed by atoms with Gasteiger partial charge in [0.25, 0.3) is 11.8 Å². The predicted molar refractivity (Wildman–Crippen MR) is 100.0 cm³/mol. The molecule has 0 bridgehead atoms. The summed E-state index contributed by atoms with van der Waals surface area (Å²) in [7, 11) is 2.97. The maximum atomic E-state index is 12.9. The topological polar surface area (TPSA) is 84.9 Å². The molecule has 0 atom stereocenters. The summed E-state index contributed by atoms with van der Waals surface area (Å²) in [6, 6.07) is 10.3. The zero-order valence-electron chi connectivity index (χ0n) is 14.5. The van der Waals surface area contributed by atoms with Gasteiger partial charge in [0.05, 0.1) is 19.9 Å². The number of methoxy groups -OCH3 is 2. The fourth-order valence-electron chi connectivity index (χ4n) is 2.60. The first-order chi connectivity index (χ1) is 12.9. The minimum atomic E-state index is -0.842. The number of hydrogen-bond acceptors (Lipinski definition) is 5. The first-order valence-corrected chi connectivity index (χ1v) is 8.21. The van der Waals surface area contributed by atoms with Crippen LogP contribution in [0.2, 0.25) is 5.02 Å². The molecule has 138 valence electrons. The summed E-state index contributed by atoms with van der Waals surface area (Å²) in [5, 5.41) is 2.51. The second kappa shape index (κ2) is 7.51. The minimum Gasteiger partial charge on any atom is -0.497 e. The molecule has 0 radical (unpaired) electrons. The molecule has 2 aromatic carbocycles. The number of imide groups is 2. The molecule has 0 aliphatic carbocycles. The molecule has 4 amide bonds. The van der Waals surface area contributed by atoms with Gasteiger partial charge in [-0.25, -0.2) is 9.69 Å². The van der Waals surface area contributed by atoms with Gasteiger partial charge in [0, 0.05) is 16.7 Å². The summed E-state index contributed by atoms with van der Waals surface area (Å²) in [4.78, 5) is 38.1. The summed E-state index contributed by atoms with van der Waals surface area (Å²) < 4.78 is 10.4. The number of carbonyl (C=O) groups excluding carboxylic acids is 3. The maximum absolute atomic E-state index is 12.9. The van der Waals surface area contributed by atoms with Gasteiger partial charge in [-0.1, -0.05) is 17.7 Å². The molecule has 1 aliphatic rings. The van der Waals surface area contributed by atoms with Crippen molar-refractivity contribution in [2.75, 3.05) is 19.1 Å². The van der Waals surface area contributed by atoms with Crippen LogP contribution in [0.15, 0.2) is 48.0 Å². The van der Waals surface area contributed by atoms with Gasteiger partial charge < -0.3 is 9.47 Å². The quantitative estimate of drug-likeness (QED) is 0.645. The van der Waals surface area contributed by atoms with E-state index >= 15 is 0 Å². The number of benzene rings is 2. The van der Waals surface area contributed by atoms with Crippen molar-refractivity contribution in [3.8, 4) is 11.5 Å². The maximum Gasteiger partial charge on any atom is 0.335 e. The number of rotatable bonds is 4. The van der Waals surface area contributed by atoms with E-state index in [0.717, 1.165) is 4.90 Å². The van der Waals surface area contributed by atoms with Crippen molar-refractivity contribution in [2.45, 2.75) is 0 Å². The molecule has 2 aromatic rings. The van der Waals surface area contributed by atoms with Crippen LogP contribution in [0, 0.1) is 0 Å². The number of hydrogen-bond donors (Lipinski definition) is 1. The molecule has 3 rings (SSSR count). The molecule has 8 heteroatoms. The third kappa shape index (κ3) is 3.63. The zero-order chi connectivity index (χ0) is 19.6. The highest BCUT2D eigenvalue weighted by Crippen LogP contribution is 2.29. The lowest BCUT2D eigenvalue weighted by atomic mass is 10.1. The number of nitrogens with one attached hydrogen (secondary N) is 1. The SMILES string of the molecule is COc1ccc(/C=C2\C(=O)NC(=O)N(c3cccc(Cl)c3)C2=O)c(OC)c1. The van der Waals surface area contributed by atoms with Crippen molar-refractivity contribution in [1.82, 2.24) is 5.32 Å². The number of halogens is 1. The van der Waals surface area contributed by atoms with Crippen LogP contribution in [0.3, 0.4) is 0 Å². The van der Waals surface area contributed by atoms with Gasteiger partial charge in [0.15, 0.2) is 0 Å². The van der Waals surface area contributed by atoms with Crippen LogP contribution in [-0.4, -0.2) is 32.1 Å². The monoisotopic (exact) mass is 386 g/mol. The number of amides is 4. The van der Waals surface area contributed by atoms with E-state index in [-0.39, 0.29) is 11.3 Å². The van der Waals surface area contributed by atoms with Gasteiger partial charge in [-0.05, 0) is 36.4 Å². The predicted octanol–water partition coefficient (Wildman–Crippen LogP) is 3.02. The summed E-state index contributed by atoms with van der Waals surface area (Å²) in [6.45, 7) is 0. The fourth-order valence-corrected chi connectivity index (χ4v) is 2.78. The average molecular weight is 387 g/mol. The Kier molecular flexibility index (Phi) is 5.14. The van der Waals surface area contributed by atoms with Crippen LogP contribution in [0.5, 0.6) is 11.5 Å². The van der Waals surface area contributed by atoms with E-state index < -0.39 is 17.8 Å². The van der Waals surface area contributed by atoms with Crippen molar-refractivity contribution in [3.63, 3.8) is 0 Å². The van der Waals surface area contributed by atoms with E-state index in [4.69, 9.17) is 21.1 Å². The lowest BCUT2D eigenvalue weighted by Crippen LogP contribution is -2.54. The van der Waals surface area contributed by atoms with Gasteiger partial charge in [0.2, 0.25) is 0 Å². The van der Waals surface area contributed by atoms with Crippen LogP contribution in [0.1, 0.15) is 5.56 Å². The summed E-state index contributed by atoms with van der Waals surface area (Å²) >= 11 is 5.94. The van der Waals surface area contributed by atoms with E-state index in [0.29, 0.717) is 22.1 Å². The Bertz CT molecular complexity index is 970. The van der Waals surface area contributed by atoms with Gasteiger partial charge >= 0.3 is 6.03 Å². The number of urea groups is 1. The average Bonchev–Trinajstić information content (AvgIpc) is 2.65. The van der Waals surface area contributed by atoms with Crippen molar-refractivity contribution in [3.05, 3.63) is 58.6 Å². The van der Waals surface area contributed by atoms with Crippen LogP contribution in [0.25, 0.3) is 6.08 Å². The standard InChI is InChI=1S/C19H15ClN2O5/c1-26-14-7-6-11(16(10-14)27-2)8-15-17(23)21-19(25)22(18(15)24)13-5-3-4-12(20)9-13/h3-10H,1-2H3,(H,21,23,25)/b15-8+. The summed E-state index contributed by atoms with van der Waals surface area (Å²) in [6.07, 6.45) is 1.36. The molecule has 1 heterocycles. The van der Waals surface area contributed by atoms with E-state index in [1.807, 2.05) is 0 Å². The number of barbiturate groups is 1. The van der Waals surface area contributed by atoms with Crippen LogP contribution in [-0.2, 0) is 9.59 Å². The number of nitrogens with zero attached hydrogens (tertiary/aromatic N) is 1. The third-order valence-corrected chi connectivity index (χ3v) is 4.14. The molecule has 27 heavy (non-hydrogen) atoms. The Morgan fingerprint density at radius 3 is 2.48 bits per heavy atom. The molecular weight excluding hydrogens is 372 g/mol. The molecule has 1 N–H and O–H groups in total. The van der Waals surface area contributed by atoms with E-state index in [1.54, 1.807) is 36.4 Å². The first-order valence-electron chi connectivity index (χ1n) is 7.83. The highest BCUT2D eigenvalue weighted by atomic mass is 35.5. The van der Waals surface area contributed by atoms with Crippen molar-refractivity contribution < 1.29 is 23.9 Å².